The summed E-state index contributed by atoms with van der Waals surface area (Å²) in [6, 6.07) is 4.04. The fourth-order valence-corrected chi connectivity index (χ4v) is 3.73. The number of benzene rings is 1. The molecule has 0 fully saturated rings. The number of carbonyl (C=O) groups is 4. The van der Waals surface area contributed by atoms with Gasteiger partial charge in [0.25, 0.3) is 0 Å². The number of ether oxygens (including phenoxy) is 1. The minimum Gasteiger partial charge on any atom is -0.444 e. The van der Waals surface area contributed by atoms with Crippen LogP contribution in [0, 0.1) is 12.3 Å². The number of hydrogen-bond acceptors (Lipinski definition) is 6. The highest BCUT2D eigenvalue weighted by Gasteiger charge is 2.36. The highest BCUT2D eigenvalue weighted by atomic mass is 16.6. The van der Waals surface area contributed by atoms with Crippen molar-refractivity contribution in [3.05, 3.63) is 35.4 Å². The van der Waals surface area contributed by atoms with Gasteiger partial charge in [0.15, 0.2) is 0 Å². The normalized spacial score (nSPS) is 13.4. The van der Waals surface area contributed by atoms with Gasteiger partial charge in [0.05, 0.1) is 6.61 Å². The van der Waals surface area contributed by atoms with E-state index in [2.05, 4.69) is 16.6 Å². The van der Waals surface area contributed by atoms with Gasteiger partial charge in [-0.15, -0.1) is 6.42 Å². The predicted molar refractivity (Wildman–Crippen MR) is 140 cm³/mol. The summed E-state index contributed by atoms with van der Waals surface area (Å²) in [5.74, 6) is 0.714. The maximum Gasteiger partial charge on any atom is 0.408 e. The number of amides is 4. The highest BCUT2D eigenvalue weighted by Crippen LogP contribution is 2.24. The van der Waals surface area contributed by atoms with Crippen molar-refractivity contribution in [2.24, 2.45) is 5.73 Å². The topological polar surface area (TPSA) is 151 Å². The number of nitrogens with zero attached hydrogens (tertiary/aromatic N) is 1. The average Bonchev–Trinajstić information content (AvgIpc) is 2.80. The number of aliphatic hydroxyl groups excluding tert-OH is 1. The monoisotopic (exact) mass is 516 g/mol. The molecule has 0 spiro atoms. The molecule has 0 aliphatic heterocycles. The van der Waals surface area contributed by atoms with E-state index in [1.807, 2.05) is 13.8 Å². The molecule has 0 saturated carbocycles. The van der Waals surface area contributed by atoms with Crippen molar-refractivity contribution in [2.75, 3.05) is 13.2 Å². The molecule has 0 aliphatic rings. The van der Waals surface area contributed by atoms with Crippen molar-refractivity contribution in [3.63, 3.8) is 0 Å². The molecular formula is C27H40N4O6. The Hall–Kier alpha value is -3.58. The number of alkyl carbamates (subject to hydrolysis) is 1. The molecule has 1 aromatic carbocycles. The van der Waals surface area contributed by atoms with E-state index in [-0.39, 0.29) is 25.4 Å². The number of terminal acetylenes is 1. The quantitative estimate of drug-likeness (QED) is 0.294. The molecule has 3 unspecified atom stereocenters. The van der Waals surface area contributed by atoms with Crippen LogP contribution in [-0.4, -0.2) is 64.7 Å². The zero-order chi connectivity index (χ0) is 28.2. The third-order valence-electron chi connectivity index (χ3n) is 5.36. The molecule has 1 rings (SSSR count). The molecule has 10 heteroatoms. The van der Waals surface area contributed by atoms with Crippen LogP contribution in [0.4, 0.5) is 4.79 Å². The van der Waals surface area contributed by atoms with Gasteiger partial charge < -0.3 is 31.1 Å². The van der Waals surface area contributed by atoms with Crippen molar-refractivity contribution >= 4 is 23.8 Å². The molecule has 4 amide bonds. The number of nitrogens with two attached hydrogens (primary N) is 1. The van der Waals surface area contributed by atoms with E-state index >= 15 is 0 Å². The molecule has 10 nitrogen and oxygen atoms in total. The predicted octanol–water partition coefficient (Wildman–Crippen LogP) is 1.99. The van der Waals surface area contributed by atoms with Crippen LogP contribution in [-0.2, 0) is 19.1 Å². The molecule has 0 heterocycles. The van der Waals surface area contributed by atoms with E-state index in [0.717, 1.165) is 12.8 Å². The van der Waals surface area contributed by atoms with Gasteiger partial charge in [0, 0.05) is 24.6 Å². The van der Waals surface area contributed by atoms with Gasteiger partial charge in [0.1, 0.15) is 17.7 Å². The van der Waals surface area contributed by atoms with E-state index in [4.69, 9.17) is 16.9 Å². The second-order valence-corrected chi connectivity index (χ2v) is 9.83. The Morgan fingerprint density at radius 2 is 1.76 bits per heavy atom. The minimum atomic E-state index is -1.23. The van der Waals surface area contributed by atoms with Crippen LogP contribution < -0.4 is 16.4 Å². The Bertz CT molecular complexity index is 965. The lowest BCUT2D eigenvalue weighted by molar-refractivity contribution is -0.143. The third kappa shape index (κ3) is 10.9. The Morgan fingerprint density at radius 1 is 1.14 bits per heavy atom. The molecule has 0 saturated heterocycles. The molecular weight excluding hydrogens is 476 g/mol. The largest absolute Gasteiger partial charge is 0.444 e. The second-order valence-electron chi connectivity index (χ2n) is 9.83. The smallest absolute Gasteiger partial charge is 0.408 e. The number of rotatable bonds is 13. The van der Waals surface area contributed by atoms with Gasteiger partial charge in [0.2, 0.25) is 17.7 Å². The average molecular weight is 517 g/mol. The summed E-state index contributed by atoms with van der Waals surface area (Å²) in [6.07, 6.45) is 5.85. The van der Waals surface area contributed by atoms with Crippen LogP contribution >= 0.6 is 0 Å². The van der Waals surface area contributed by atoms with Crippen molar-refractivity contribution in [3.8, 4) is 12.3 Å². The molecule has 204 valence electrons. The lowest BCUT2D eigenvalue weighted by atomic mass is 10.00. The Kier molecular flexibility index (Phi) is 12.6. The molecule has 37 heavy (non-hydrogen) atoms. The maximum absolute atomic E-state index is 13.8. The first-order valence-electron chi connectivity index (χ1n) is 12.4. The molecule has 0 aliphatic carbocycles. The Balaban J connectivity index is 3.46. The lowest BCUT2D eigenvalue weighted by Gasteiger charge is -2.34. The summed E-state index contributed by atoms with van der Waals surface area (Å²) in [4.78, 5) is 52.4. The SMILES string of the molecule is C#Cc1ccc(C(C(=O)NC(C)CCC)N(CCO)C(=O)C(CCC(N)=O)NC(=O)OC(C)(C)C)cc1. The van der Waals surface area contributed by atoms with Gasteiger partial charge in [-0.1, -0.05) is 31.4 Å². The van der Waals surface area contributed by atoms with Crippen LogP contribution in [0.25, 0.3) is 0 Å². The molecule has 0 bridgehead atoms. The standard InChI is InChI=1S/C27H40N4O6/c1-7-9-18(3)29-24(34)23(20-12-10-19(8-2)11-13-20)31(16-17-32)25(35)21(14-15-22(28)33)30-26(36)37-27(4,5)6/h2,10-13,18,21,23,32H,7,9,14-17H2,1,3-6H3,(H2,28,33)(H,29,34)(H,30,36). The Labute approximate surface area is 219 Å². The zero-order valence-electron chi connectivity index (χ0n) is 22.4. The summed E-state index contributed by atoms with van der Waals surface area (Å²) in [6.45, 7) is 8.20. The van der Waals surface area contributed by atoms with Crippen molar-refractivity contribution in [1.29, 1.82) is 0 Å². The second kappa shape index (κ2) is 14.9. The van der Waals surface area contributed by atoms with E-state index < -0.39 is 48.1 Å². The Morgan fingerprint density at radius 3 is 2.24 bits per heavy atom. The number of nitrogens with one attached hydrogen (secondary N) is 2. The summed E-state index contributed by atoms with van der Waals surface area (Å²) >= 11 is 0. The third-order valence-corrected chi connectivity index (χ3v) is 5.36. The molecule has 5 N–H and O–H groups in total. The van der Waals surface area contributed by atoms with Crippen LogP contribution in [0.2, 0.25) is 0 Å². The first-order valence-corrected chi connectivity index (χ1v) is 12.4. The van der Waals surface area contributed by atoms with E-state index in [9.17, 15) is 24.3 Å². The molecule has 3 atom stereocenters. The van der Waals surface area contributed by atoms with Gasteiger partial charge in [-0.25, -0.2) is 4.79 Å². The molecule has 1 aromatic rings. The minimum absolute atomic E-state index is 0.119. The number of aliphatic hydroxyl groups is 1. The van der Waals surface area contributed by atoms with Crippen molar-refractivity contribution < 1.29 is 29.0 Å². The first-order chi connectivity index (χ1) is 17.3. The van der Waals surface area contributed by atoms with Crippen molar-refractivity contribution in [2.45, 2.75) is 84.0 Å². The van der Waals surface area contributed by atoms with Gasteiger partial charge in [-0.3, -0.25) is 14.4 Å². The van der Waals surface area contributed by atoms with Crippen LogP contribution in [0.15, 0.2) is 24.3 Å². The number of primary amides is 1. The lowest BCUT2D eigenvalue weighted by Crippen LogP contribution is -2.54. The van der Waals surface area contributed by atoms with E-state index in [1.165, 1.54) is 4.90 Å². The summed E-state index contributed by atoms with van der Waals surface area (Å²) in [7, 11) is 0. The molecule has 0 aromatic heterocycles. The van der Waals surface area contributed by atoms with E-state index in [0.29, 0.717) is 11.1 Å². The summed E-state index contributed by atoms with van der Waals surface area (Å²) < 4.78 is 5.28. The fraction of sp³-hybridized carbons (Fsp3) is 0.556. The number of carbonyl (C=O) groups excluding carboxylic acids is 4. The summed E-state index contributed by atoms with van der Waals surface area (Å²) in [5, 5.41) is 15.2. The molecule has 0 radical (unpaired) electrons. The summed E-state index contributed by atoms with van der Waals surface area (Å²) in [5.41, 5.74) is 5.52. The highest BCUT2D eigenvalue weighted by molar-refractivity contribution is 5.92. The fourth-order valence-electron chi connectivity index (χ4n) is 3.73. The van der Waals surface area contributed by atoms with Gasteiger partial charge in [-0.2, -0.15) is 0 Å². The first kappa shape index (κ1) is 31.4. The number of hydrogen-bond donors (Lipinski definition) is 4. The van der Waals surface area contributed by atoms with Gasteiger partial charge >= 0.3 is 6.09 Å². The van der Waals surface area contributed by atoms with Crippen LogP contribution in [0.3, 0.4) is 0 Å². The zero-order valence-corrected chi connectivity index (χ0v) is 22.4. The van der Waals surface area contributed by atoms with Crippen molar-refractivity contribution in [1.82, 2.24) is 15.5 Å². The van der Waals surface area contributed by atoms with E-state index in [1.54, 1.807) is 45.0 Å². The van der Waals surface area contributed by atoms with Crippen LogP contribution in [0.1, 0.15) is 77.5 Å². The van der Waals surface area contributed by atoms with Crippen LogP contribution in [0.5, 0.6) is 0 Å². The van der Waals surface area contributed by atoms with Gasteiger partial charge in [-0.05, 0) is 58.2 Å². The maximum atomic E-state index is 13.8.